The third-order valence-electron chi connectivity index (χ3n) is 9.07. The Hall–Kier alpha value is -2.04. The molecule has 1 unspecified atom stereocenters. The molecule has 0 rings (SSSR count). The summed E-state index contributed by atoms with van der Waals surface area (Å²) in [6.07, 6.45) is 35.6. The van der Waals surface area contributed by atoms with Gasteiger partial charge in [0.15, 0.2) is 6.10 Å². The van der Waals surface area contributed by atoms with Crippen molar-refractivity contribution in [3.05, 3.63) is 24.8 Å². The molecule has 0 spiro atoms. The number of unbranched alkanes of at least 4 members (excludes halogenated alkanes) is 23. The van der Waals surface area contributed by atoms with Gasteiger partial charge in [0.05, 0.1) is 13.2 Å². The van der Waals surface area contributed by atoms with Gasteiger partial charge in [-0.3, -0.25) is 23.4 Å². The largest absolute Gasteiger partial charge is 0.480 e. The van der Waals surface area contributed by atoms with Crippen LogP contribution in [0.2, 0.25) is 0 Å². The molecule has 0 aromatic heterocycles. The first-order valence-corrected chi connectivity index (χ1v) is 22.3. The van der Waals surface area contributed by atoms with Gasteiger partial charge in [-0.05, 0) is 51.4 Å². The topological polar surface area (TPSA) is 172 Å². The summed E-state index contributed by atoms with van der Waals surface area (Å²) in [5, 5.41) is 8.87. The number of esters is 2. The van der Waals surface area contributed by atoms with Crippen LogP contribution in [0.4, 0.5) is 0 Å². The van der Waals surface area contributed by atoms with E-state index in [4.69, 9.17) is 24.8 Å². The Balaban J connectivity index is 4.37. The van der Waals surface area contributed by atoms with Crippen molar-refractivity contribution in [1.29, 1.82) is 0 Å². The number of carboxylic acids is 1. The Kier molecular flexibility index (Phi) is 35.5. The van der Waals surface area contributed by atoms with Crippen molar-refractivity contribution in [2.45, 2.75) is 199 Å². The number of rotatable bonds is 40. The van der Waals surface area contributed by atoms with Gasteiger partial charge in [-0.15, -0.1) is 6.58 Å². The minimum absolute atomic E-state index is 0.160. The summed E-state index contributed by atoms with van der Waals surface area (Å²) in [7, 11) is -4.71. The van der Waals surface area contributed by atoms with E-state index in [0.29, 0.717) is 12.8 Å². The molecule has 11 nitrogen and oxygen atoms in total. The summed E-state index contributed by atoms with van der Waals surface area (Å²) in [5.41, 5.74) is 5.32. The summed E-state index contributed by atoms with van der Waals surface area (Å²) in [6, 6.07) is -1.52. The molecular formula is C41H76NO10P. The molecule has 0 amide bonds. The normalized spacial score (nSPS) is 13.8. The number of carbonyl (C=O) groups excluding carboxylic acids is 2. The summed E-state index contributed by atoms with van der Waals surface area (Å²) < 4.78 is 32.6. The second kappa shape index (κ2) is 36.9. The van der Waals surface area contributed by atoms with Crippen LogP contribution in [0, 0.1) is 0 Å². The molecule has 53 heavy (non-hydrogen) atoms. The molecular weight excluding hydrogens is 697 g/mol. The third-order valence-corrected chi connectivity index (χ3v) is 10.0. The van der Waals surface area contributed by atoms with Crippen molar-refractivity contribution in [2.75, 3.05) is 19.8 Å². The molecule has 0 radical (unpaired) electrons. The van der Waals surface area contributed by atoms with Crippen LogP contribution >= 0.6 is 7.82 Å². The summed E-state index contributed by atoms with van der Waals surface area (Å²) >= 11 is 0. The van der Waals surface area contributed by atoms with Crippen LogP contribution in [0.3, 0.4) is 0 Å². The van der Waals surface area contributed by atoms with Crippen LogP contribution in [0.25, 0.3) is 0 Å². The van der Waals surface area contributed by atoms with E-state index in [2.05, 4.69) is 30.2 Å². The van der Waals surface area contributed by atoms with Crippen LogP contribution in [0.5, 0.6) is 0 Å². The van der Waals surface area contributed by atoms with Gasteiger partial charge in [-0.1, -0.05) is 141 Å². The minimum atomic E-state index is -4.71. The van der Waals surface area contributed by atoms with E-state index >= 15 is 0 Å². The summed E-state index contributed by atoms with van der Waals surface area (Å²) in [6.45, 7) is 4.31. The van der Waals surface area contributed by atoms with Gasteiger partial charge in [0.25, 0.3) is 0 Å². The second-order valence-electron chi connectivity index (χ2n) is 14.2. The zero-order chi connectivity index (χ0) is 39.3. The molecule has 12 heteroatoms. The lowest BCUT2D eigenvalue weighted by Crippen LogP contribution is -2.34. The van der Waals surface area contributed by atoms with Crippen LogP contribution in [0.1, 0.15) is 187 Å². The quantitative estimate of drug-likeness (QED) is 0.0234. The number of carbonyl (C=O) groups is 3. The molecule has 0 aliphatic carbocycles. The number of hydrogen-bond donors (Lipinski definition) is 3. The van der Waals surface area contributed by atoms with E-state index in [1.807, 2.05) is 6.08 Å². The van der Waals surface area contributed by atoms with E-state index in [1.165, 1.54) is 89.9 Å². The lowest BCUT2D eigenvalue weighted by molar-refractivity contribution is -0.161. The summed E-state index contributed by atoms with van der Waals surface area (Å²) in [4.78, 5) is 45.9. The fourth-order valence-corrected chi connectivity index (χ4v) is 6.52. The summed E-state index contributed by atoms with van der Waals surface area (Å²) in [5.74, 6) is -2.39. The lowest BCUT2D eigenvalue weighted by atomic mass is 10.0. The number of allylic oxidation sites excluding steroid dienone is 3. The van der Waals surface area contributed by atoms with Crippen LogP contribution in [-0.2, 0) is 37.5 Å². The first-order chi connectivity index (χ1) is 25.6. The Morgan fingerprint density at radius 2 is 1.04 bits per heavy atom. The number of aliphatic carboxylic acids is 1. The van der Waals surface area contributed by atoms with E-state index in [0.717, 1.165) is 64.2 Å². The van der Waals surface area contributed by atoms with E-state index < -0.39 is 51.1 Å². The van der Waals surface area contributed by atoms with E-state index in [9.17, 15) is 23.8 Å². The van der Waals surface area contributed by atoms with Gasteiger partial charge in [-0.25, -0.2) is 4.57 Å². The molecule has 0 aliphatic rings. The molecule has 0 saturated carbocycles. The Labute approximate surface area is 321 Å². The molecule has 0 fully saturated rings. The molecule has 0 aromatic rings. The molecule has 0 aromatic carbocycles. The van der Waals surface area contributed by atoms with Gasteiger partial charge < -0.3 is 25.2 Å². The highest BCUT2D eigenvalue weighted by Crippen LogP contribution is 2.43. The van der Waals surface area contributed by atoms with Gasteiger partial charge in [-0.2, -0.15) is 0 Å². The maximum absolute atomic E-state index is 12.6. The van der Waals surface area contributed by atoms with E-state index in [-0.39, 0.29) is 19.4 Å². The van der Waals surface area contributed by atoms with Crippen molar-refractivity contribution in [1.82, 2.24) is 0 Å². The average molecular weight is 774 g/mol. The maximum Gasteiger partial charge on any atom is 0.472 e. The van der Waals surface area contributed by atoms with Crippen molar-refractivity contribution in [2.24, 2.45) is 5.73 Å². The monoisotopic (exact) mass is 774 g/mol. The lowest BCUT2D eigenvalue weighted by Gasteiger charge is -2.20. The van der Waals surface area contributed by atoms with Gasteiger partial charge in [0, 0.05) is 12.8 Å². The Morgan fingerprint density at radius 3 is 1.51 bits per heavy atom. The number of carboxylic acid groups (broad SMARTS) is 1. The molecule has 0 heterocycles. The Bertz CT molecular complexity index is 992. The molecule has 4 N–H and O–H groups in total. The highest BCUT2D eigenvalue weighted by molar-refractivity contribution is 7.47. The van der Waals surface area contributed by atoms with Crippen LogP contribution < -0.4 is 5.73 Å². The molecule has 310 valence electrons. The number of phosphoric acid groups is 1. The number of phosphoric ester groups is 1. The number of ether oxygens (including phenoxy) is 2. The predicted molar refractivity (Wildman–Crippen MR) is 212 cm³/mol. The minimum Gasteiger partial charge on any atom is -0.480 e. The smallest absolute Gasteiger partial charge is 0.472 e. The molecule has 0 saturated heterocycles. The number of nitrogens with two attached hydrogens (primary N) is 1. The number of hydrogen-bond acceptors (Lipinski definition) is 9. The average Bonchev–Trinajstić information content (AvgIpc) is 3.13. The maximum atomic E-state index is 12.6. The Morgan fingerprint density at radius 1 is 0.623 bits per heavy atom. The molecule has 0 bridgehead atoms. The van der Waals surface area contributed by atoms with Crippen molar-refractivity contribution in [3.8, 4) is 0 Å². The van der Waals surface area contributed by atoms with Crippen molar-refractivity contribution < 1.29 is 47.5 Å². The fourth-order valence-electron chi connectivity index (χ4n) is 5.75. The second-order valence-corrected chi connectivity index (χ2v) is 15.7. The van der Waals surface area contributed by atoms with Crippen molar-refractivity contribution >= 4 is 25.7 Å². The van der Waals surface area contributed by atoms with Crippen LogP contribution in [0.15, 0.2) is 24.8 Å². The zero-order valence-electron chi connectivity index (χ0n) is 33.2. The van der Waals surface area contributed by atoms with Gasteiger partial charge in [0.2, 0.25) is 0 Å². The van der Waals surface area contributed by atoms with Crippen molar-refractivity contribution in [3.63, 3.8) is 0 Å². The third kappa shape index (κ3) is 36.7. The van der Waals surface area contributed by atoms with Gasteiger partial charge >= 0.3 is 25.7 Å². The van der Waals surface area contributed by atoms with E-state index in [1.54, 1.807) is 0 Å². The van der Waals surface area contributed by atoms with Gasteiger partial charge in [0.1, 0.15) is 12.6 Å². The standard InChI is InChI=1S/C41H76NO10P/c1-3-5-7-9-11-13-15-17-19-21-23-25-27-29-31-33-40(44)52-37(35-50-53(47,48)51-36-38(42)41(45)46)34-49-39(43)32-30-28-26-24-22-20-18-16-14-12-10-8-6-4-2/h3,16,18,37-38H,1,4-15,17,19-36,42H2,2H3,(H,45,46)(H,47,48)/b18-16+/t37-,38+/m1/s1. The first kappa shape index (κ1) is 51.0. The van der Waals surface area contributed by atoms with Crippen LogP contribution in [-0.4, -0.2) is 59.9 Å². The first-order valence-electron chi connectivity index (χ1n) is 20.8. The fraction of sp³-hybridized carbons (Fsp3) is 0.829. The molecule has 3 atom stereocenters. The zero-order valence-corrected chi connectivity index (χ0v) is 34.1. The SMILES string of the molecule is C=CCCCCCCCCCCCCCCCC(=O)O[C@H](COC(=O)CCCCCCC/C=C/CCCCCCC)COP(=O)(O)OC[C@H](N)C(=O)O. The molecule has 0 aliphatic heterocycles. The highest BCUT2D eigenvalue weighted by Gasteiger charge is 2.28. The predicted octanol–water partition coefficient (Wildman–Crippen LogP) is 10.7. The highest BCUT2D eigenvalue weighted by atomic mass is 31.2.